The van der Waals surface area contributed by atoms with E-state index in [1.54, 1.807) is 0 Å². The summed E-state index contributed by atoms with van der Waals surface area (Å²) in [6.45, 7) is 2.48. The highest BCUT2D eigenvalue weighted by atomic mass is 32.2. The van der Waals surface area contributed by atoms with Crippen molar-refractivity contribution in [3.05, 3.63) is 29.8 Å². The van der Waals surface area contributed by atoms with Crippen molar-refractivity contribution < 1.29 is 18.4 Å². The molecule has 4 nitrogen and oxygen atoms in total. The Morgan fingerprint density at radius 3 is 2.70 bits per heavy atom. The van der Waals surface area contributed by atoms with Crippen molar-refractivity contribution >= 4 is 23.7 Å². The number of amides is 3. The van der Waals surface area contributed by atoms with E-state index in [1.165, 1.54) is 6.07 Å². The minimum Gasteiger partial charge on any atom is -0.338 e. The average Bonchev–Trinajstić information content (AvgIpc) is 2.38. The molecular formula is C13H16F2N2O2S. The zero-order valence-corrected chi connectivity index (χ0v) is 11.9. The van der Waals surface area contributed by atoms with E-state index in [9.17, 15) is 18.4 Å². The lowest BCUT2D eigenvalue weighted by molar-refractivity contribution is -0.117. The standard InChI is InChI=1S/C13H16F2N2O2S/c1-2-3-6-16-13(19)17-12(18)8-20-11-5-4-9(14)7-10(11)15/h4-5,7H,2-3,6,8H2,1H3,(H2,16,17,18,19). The number of rotatable bonds is 6. The van der Waals surface area contributed by atoms with E-state index < -0.39 is 23.6 Å². The van der Waals surface area contributed by atoms with Gasteiger partial charge in [0.2, 0.25) is 5.91 Å². The topological polar surface area (TPSA) is 58.2 Å². The number of carbonyl (C=O) groups is 2. The second kappa shape index (κ2) is 8.52. The van der Waals surface area contributed by atoms with E-state index in [-0.39, 0.29) is 10.6 Å². The fourth-order valence-electron chi connectivity index (χ4n) is 1.32. The quantitative estimate of drug-likeness (QED) is 0.627. The summed E-state index contributed by atoms with van der Waals surface area (Å²) >= 11 is 0.900. The lowest BCUT2D eigenvalue weighted by Gasteiger charge is -2.06. The molecule has 0 heterocycles. The molecule has 0 fully saturated rings. The van der Waals surface area contributed by atoms with Gasteiger partial charge >= 0.3 is 6.03 Å². The molecule has 0 spiro atoms. The number of benzene rings is 1. The van der Waals surface area contributed by atoms with E-state index in [2.05, 4.69) is 10.6 Å². The second-order valence-corrected chi connectivity index (χ2v) is 5.04. The Kier molecular flexibility index (Phi) is 7.00. The maximum absolute atomic E-state index is 13.3. The first-order valence-corrected chi connectivity index (χ1v) is 7.17. The number of thioether (sulfide) groups is 1. The SMILES string of the molecule is CCCCNC(=O)NC(=O)CSc1ccc(F)cc1F. The van der Waals surface area contributed by atoms with Crippen LogP contribution in [0.15, 0.2) is 23.1 Å². The highest BCUT2D eigenvalue weighted by Crippen LogP contribution is 2.21. The Bertz CT molecular complexity index is 483. The summed E-state index contributed by atoms with van der Waals surface area (Å²) in [7, 11) is 0. The van der Waals surface area contributed by atoms with E-state index in [0.717, 1.165) is 36.7 Å². The first-order valence-electron chi connectivity index (χ1n) is 6.18. The van der Waals surface area contributed by atoms with Crippen LogP contribution in [0.4, 0.5) is 13.6 Å². The molecule has 0 radical (unpaired) electrons. The Balaban J connectivity index is 2.34. The average molecular weight is 302 g/mol. The minimum absolute atomic E-state index is 0.121. The Labute approximate surface area is 120 Å². The van der Waals surface area contributed by atoms with Crippen LogP contribution in [0.25, 0.3) is 0 Å². The van der Waals surface area contributed by atoms with Gasteiger partial charge in [-0.2, -0.15) is 0 Å². The van der Waals surface area contributed by atoms with Crippen molar-refractivity contribution in [2.75, 3.05) is 12.3 Å². The van der Waals surface area contributed by atoms with Gasteiger partial charge in [0.1, 0.15) is 11.6 Å². The van der Waals surface area contributed by atoms with Crippen LogP contribution in [0.1, 0.15) is 19.8 Å². The van der Waals surface area contributed by atoms with Crippen LogP contribution >= 0.6 is 11.8 Å². The Hall–Kier alpha value is -1.63. The molecule has 0 saturated heterocycles. The van der Waals surface area contributed by atoms with Crippen molar-refractivity contribution in [3.63, 3.8) is 0 Å². The van der Waals surface area contributed by atoms with Gasteiger partial charge in [0.05, 0.1) is 5.75 Å². The zero-order valence-electron chi connectivity index (χ0n) is 11.0. The van der Waals surface area contributed by atoms with E-state index in [0.29, 0.717) is 6.54 Å². The minimum atomic E-state index is -0.727. The molecule has 0 unspecified atom stereocenters. The van der Waals surface area contributed by atoms with Crippen molar-refractivity contribution in [3.8, 4) is 0 Å². The summed E-state index contributed by atoms with van der Waals surface area (Å²) in [5.74, 6) is -2.06. The van der Waals surface area contributed by atoms with Crippen LogP contribution in [0.2, 0.25) is 0 Å². The molecule has 3 amide bonds. The molecule has 20 heavy (non-hydrogen) atoms. The molecule has 1 aromatic rings. The highest BCUT2D eigenvalue weighted by Gasteiger charge is 2.10. The van der Waals surface area contributed by atoms with Crippen LogP contribution in [0.3, 0.4) is 0 Å². The molecule has 0 aliphatic carbocycles. The molecule has 0 aromatic heterocycles. The van der Waals surface area contributed by atoms with Crippen LogP contribution in [0.5, 0.6) is 0 Å². The van der Waals surface area contributed by atoms with Gasteiger partial charge in [0.25, 0.3) is 0 Å². The number of hydrogen-bond acceptors (Lipinski definition) is 3. The van der Waals surface area contributed by atoms with E-state index in [4.69, 9.17) is 0 Å². The van der Waals surface area contributed by atoms with Crippen LogP contribution in [0, 0.1) is 11.6 Å². The Morgan fingerprint density at radius 1 is 1.30 bits per heavy atom. The molecule has 7 heteroatoms. The first kappa shape index (κ1) is 16.4. The number of urea groups is 1. The number of unbranched alkanes of at least 4 members (excludes halogenated alkanes) is 1. The fraction of sp³-hybridized carbons (Fsp3) is 0.385. The molecule has 0 aliphatic heterocycles. The van der Waals surface area contributed by atoms with E-state index >= 15 is 0 Å². The smallest absolute Gasteiger partial charge is 0.321 e. The summed E-state index contributed by atoms with van der Waals surface area (Å²) in [6, 6.07) is 2.55. The lowest BCUT2D eigenvalue weighted by atomic mass is 10.3. The number of carbonyl (C=O) groups excluding carboxylic acids is 2. The summed E-state index contributed by atoms with van der Waals surface area (Å²) in [5, 5.41) is 4.66. The number of imide groups is 1. The monoisotopic (exact) mass is 302 g/mol. The molecule has 1 aromatic carbocycles. The van der Waals surface area contributed by atoms with Crippen molar-refractivity contribution in [2.24, 2.45) is 0 Å². The van der Waals surface area contributed by atoms with Crippen LogP contribution in [-0.2, 0) is 4.79 Å². The molecule has 0 bridgehead atoms. The van der Waals surface area contributed by atoms with Gasteiger partial charge in [-0.1, -0.05) is 13.3 Å². The largest absolute Gasteiger partial charge is 0.338 e. The van der Waals surface area contributed by atoms with Gasteiger partial charge < -0.3 is 5.32 Å². The third-order valence-corrected chi connectivity index (χ3v) is 3.37. The second-order valence-electron chi connectivity index (χ2n) is 4.02. The number of nitrogens with one attached hydrogen (secondary N) is 2. The molecule has 1 rings (SSSR count). The molecule has 0 atom stereocenters. The normalized spacial score (nSPS) is 10.2. The predicted molar refractivity (Wildman–Crippen MR) is 73.5 cm³/mol. The van der Waals surface area contributed by atoms with Crippen LogP contribution in [-0.4, -0.2) is 24.2 Å². The van der Waals surface area contributed by atoms with Crippen molar-refractivity contribution in [1.29, 1.82) is 0 Å². The summed E-state index contributed by atoms with van der Waals surface area (Å²) < 4.78 is 26.0. The van der Waals surface area contributed by atoms with Gasteiger partial charge in [-0.15, -0.1) is 11.8 Å². The fourth-order valence-corrected chi connectivity index (χ4v) is 2.04. The molecule has 2 N–H and O–H groups in total. The van der Waals surface area contributed by atoms with E-state index in [1.807, 2.05) is 6.92 Å². The van der Waals surface area contributed by atoms with Gasteiger partial charge in [-0.25, -0.2) is 13.6 Å². The lowest BCUT2D eigenvalue weighted by Crippen LogP contribution is -2.40. The third-order valence-electron chi connectivity index (χ3n) is 2.32. The van der Waals surface area contributed by atoms with Crippen molar-refractivity contribution in [2.45, 2.75) is 24.7 Å². The summed E-state index contributed by atoms with van der Waals surface area (Å²) in [6.07, 6.45) is 1.77. The molecule has 110 valence electrons. The number of hydrogen-bond donors (Lipinski definition) is 2. The van der Waals surface area contributed by atoms with Crippen LogP contribution < -0.4 is 10.6 Å². The van der Waals surface area contributed by atoms with Crippen molar-refractivity contribution in [1.82, 2.24) is 10.6 Å². The summed E-state index contributed by atoms with van der Waals surface area (Å²) in [5.41, 5.74) is 0. The number of halogens is 2. The van der Waals surface area contributed by atoms with Gasteiger partial charge in [0, 0.05) is 17.5 Å². The van der Waals surface area contributed by atoms with Gasteiger partial charge in [-0.3, -0.25) is 10.1 Å². The predicted octanol–water partition coefficient (Wildman–Crippen LogP) is 2.68. The first-order chi connectivity index (χ1) is 9.52. The molecule has 0 saturated carbocycles. The highest BCUT2D eigenvalue weighted by molar-refractivity contribution is 8.00. The maximum Gasteiger partial charge on any atom is 0.321 e. The third kappa shape index (κ3) is 6.01. The summed E-state index contributed by atoms with van der Waals surface area (Å²) in [4.78, 5) is 22.9. The molecular weight excluding hydrogens is 286 g/mol. The molecule has 0 aliphatic rings. The zero-order chi connectivity index (χ0) is 15.0. The maximum atomic E-state index is 13.3. The Morgan fingerprint density at radius 2 is 2.05 bits per heavy atom. The van der Waals surface area contributed by atoms with Gasteiger partial charge in [0.15, 0.2) is 0 Å². The van der Waals surface area contributed by atoms with Gasteiger partial charge in [-0.05, 0) is 18.6 Å².